The van der Waals surface area contributed by atoms with E-state index < -0.39 is 18.1 Å². The molecule has 1 amide bonds. The average molecular weight is 657 g/mol. The van der Waals surface area contributed by atoms with E-state index in [9.17, 15) is 14.7 Å². The number of hydrogen-bond donors (Lipinski definition) is 2. The van der Waals surface area contributed by atoms with Gasteiger partial charge in [0, 0.05) is 6.42 Å². The highest BCUT2D eigenvalue weighted by molar-refractivity contribution is 14.1. The molecule has 0 bridgehead atoms. The Morgan fingerprint density at radius 3 is 1.84 bits per heavy atom. The number of aromatic hydroxyl groups is 1. The maximum Gasteiger partial charge on any atom is 0.408 e. The topological polar surface area (TPSA) is 84.9 Å². The van der Waals surface area contributed by atoms with Crippen LogP contribution in [0, 0.1) is 7.14 Å². The lowest BCUT2D eigenvalue weighted by Crippen LogP contribution is -2.43. The Morgan fingerprint density at radius 1 is 0.812 bits per heavy atom. The summed E-state index contributed by atoms with van der Waals surface area (Å²) in [6.07, 6.45) is -0.515. The standard InChI is InChI=1S/C24H21I2NO5/c25-19-11-18(12-20(26)22(19)28)13-21(23(29)31-14-16-7-3-1-4-8-16)27-24(30)32-15-17-9-5-2-6-10-17/h1-12,21,28H,13-15H2,(H,27,30)/t21-/m0/s1. The van der Waals surface area contributed by atoms with Gasteiger partial charge in [0.25, 0.3) is 0 Å². The van der Waals surface area contributed by atoms with Gasteiger partial charge >= 0.3 is 12.1 Å². The fraction of sp³-hybridized carbons (Fsp3) is 0.167. The maximum atomic E-state index is 12.8. The number of rotatable bonds is 8. The first-order chi connectivity index (χ1) is 15.4. The summed E-state index contributed by atoms with van der Waals surface area (Å²) in [4.78, 5) is 25.2. The smallest absolute Gasteiger partial charge is 0.408 e. The van der Waals surface area contributed by atoms with Crippen LogP contribution >= 0.6 is 45.2 Å². The molecule has 0 aliphatic rings. The van der Waals surface area contributed by atoms with Crippen LogP contribution < -0.4 is 5.32 Å². The minimum absolute atomic E-state index is 0.0907. The minimum atomic E-state index is -0.946. The number of phenols is 1. The number of hydrogen-bond acceptors (Lipinski definition) is 5. The van der Waals surface area contributed by atoms with E-state index in [1.54, 1.807) is 12.1 Å². The molecular formula is C24H21I2NO5. The number of halogens is 2. The Balaban J connectivity index is 1.69. The summed E-state index contributed by atoms with van der Waals surface area (Å²) in [7, 11) is 0. The van der Waals surface area contributed by atoms with E-state index in [1.165, 1.54) is 0 Å². The molecule has 3 aromatic rings. The van der Waals surface area contributed by atoms with Gasteiger partial charge in [-0.3, -0.25) is 0 Å². The second-order valence-electron chi connectivity index (χ2n) is 6.96. The highest BCUT2D eigenvalue weighted by Crippen LogP contribution is 2.28. The van der Waals surface area contributed by atoms with Crippen molar-refractivity contribution in [3.8, 4) is 5.75 Å². The molecule has 0 spiro atoms. The molecule has 0 aliphatic carbocycles. The van der Waals surface area contributed by atoms with Gasteiger partial charge in [0.05, 0.1) is 7.14 Å². The van der Waals surface area contributed by atoms with Gasteiger partial charge in [-0.2, -0.15) is 0 Å². The van der Waals surface area contributed by atoms with Crippen LogP contribution in [0.4, 0.5) is 4.79 Å². The van der Waals surface area contributed by atoms with Crippen molar-refractivity contribution in [2.75, 3.05) is 0 Å². The molecule has 0 unspecified atom stereocenters. The molecule has 2 N–H and O–H groups in total. The average Bonchev–Trinajstić information content (AvgIpc) is 2.80. The van der Waals surface area contributed by atoms with E-state index in [0.29, 0.717) is 7.14 Å². The largest absolute Gasteiger partial charge is 0.506 e. The zero-order valence-electron chi connectivity index (χ0n) is 17.0. The highest BCUT2D eigenvalue weighted by Gasteiger charge is 2.24. The van der Waals surface area contributed by atoms with Gasteiger partial charge in [-0.1, -0.05) is 60.7 Å². The molecule has 32 heavy (non-hydrogen) atoms. The van der Waals surface area contributed by atoms with Gasteiger partial charge in [0.1, 0.15) is 25.0 Å². The van der Waals surface area contributed by atoms with E-state index in [1.807, 2.05) is 106 Å². The van der Waals surface area contributed by atoms with Crippen LogP contribution in [0.1, 0.15) is 16.7 Å². The minimum Gasteiger partial charge on any atom is -0.506 e. The maximum absolute atomic E-state index is 12.8. The van der Waals surface area contributed by atoms with Crippen LogP contribution in [0.5, 0.6) is 5.75 Å². The van der Waals surface area contributed by atoms with E-state index >= 15 is 0 Å². The van der Waals surface area contributed by atoms with Crippen molar-refractivity contribution in [2.45, 2.75) is 25.7 Å². The highest BCUT2D eigenvalue weighted by atomic mass is 127. The van der Waals surface area contributed by atoms with E-state index in [4.69, 9.17) is 9.47 Å². The second-order valence-corrected chi connectivity index (χ2v) is 9.29. The van der Waals surface area contributed by atoms with Crippen molar-refractivity contribution in [3.05, 3.63) is 96.6 Å². The van der Waals surface area contributed by atoms with E-state index in [-0.39, 0.29) is 25.4 Å². The van der Waals surface area contributed by atoms with Gasteiger partial charge in [0.15, 0.2) is 0 Å². The van der Waals surface area contributed by atoms with Crippen LogP contribution in [-0.4, -0.2) is 23.2 Å². The summed E-state index contributed by atoms with van der Waals surface area (Å²) < 4.78 is 12.0. The van der Waals surface area contributed by atoms with E-state index in [0.717, 1.165) is 16.7 Å². The van der Waals surface area contributed by atoms with Crippen LogP contribution in [0.25, 0.3) is 0 Å². The number of nitrogens with one attached hydrogen (secondary N) is 1. The monoisotopic (exact) mass is 657 g/mol. The number of ether oxygens (including phenoxy) is 2. The Hall–Kier alpha value is -2.34. The van der Waals surface area contributed by atoms with Crippen molar-refractivity contribution in [2.24, 2.45) is 0 Å². The molecular weight excluding hydrogens is 636 g/mol. The van der Waals surface area contributed by atoms with Crippen molar-refractivity contribution in [1.29, 1.82) is 0 Å². The van der Waals surface area contributed by atoms with Gasteiger partial charge in [-0.25, -0.2) is 9.59 Å². The first-order valence-corrected chi connectivity index (χ1v) is 11.9. The Morgan fingerprint density at radius 2 is 1.31 bits per heavy atom. The molecule has 0 saturated heterocycles. The third-order valence-corrected chi connectivity index (χ3v) is 6.17. The number of alkyl carbamates (subject to hydrolysis) is 1. The summed E-state index contributed by atoms with van der Waals surface area (Å²) in [5.41, 5.74) is 2.47. The predicted octanol–water partition coefficient (Wildman–Crippen LogP) is 5.18. The molecule has 6 nitrogen and oxygen atoms in total. The van der Waals surface area contributed by atoms with Crippen LogP contribution in [0.15, 0.2) is 72.8 Å². The first-order valence-electron chi connectivity index (χ1n) is 9.77. The molecule has 166 valence electrons. The van der Waals surface area contributed by atoms with Crippen molar-refractivity contribution in [3.63, 3.8) is 0 Å². The molecule has 0 heterocycles. The lowest BCUT2D eigenvalue weighted by atomic mass is 10.1. The molecule has 0 aliphatic heterocycles. The molecule has 8 heteroatoms. The summed E-state index contributed by atoms with van der Waals surface area (Å²) in [5.74, 6) is -0.378. The molecule has 0 saturated carbocycles. The second kappa shape index (κ2) is 12.0. The molecule has 1 atom stereocenters. The van der Waals surface area contributed by atoms with Crippen LogP contribution in [-0.2, 0) is 33.9 Å². The van der Waals surface area contributed by atoms with Gasteiger partial charge in [-0.05, 0) is 74.0 Å². The quantitative estimate of drug-likeness (QED) is 0.258. The Labute approximate surface area is 213 Å². The number of phenolic OH excluding ortho intramolecular Hbond substituents is 1. The molecule has 0 radical (unpaired) electrons. The third kappa shape index (κ3) is 7.37. The van der Waals surface area contributed by atoms with E-state index in [2.05, 4.69) is 5.32 Å². The zero-order valence-corrected chi connectivity index (χ0v) is 21.3. The fourth-order valence-corrected chi connectivity index (χ4v) is 4.80. The number of benzene rings is 3. The lowest BCUT2D eigenvalue weighted by molar-refractivity contribution is -0.147. The Kier molecular flexibility index (Phi) is 9.15. The Bertz CT molecular complexity index is 1040. The summed E-state index contributed by atoms with van der Waals surface area (Å²) >= 11 is 4.05. The van der Waals surface area contributed by atoms with Crippen molar-refractivity contribution in [1.82, 2.24) is 5.32 Å². The first kappa shape index (κ1) is 24.3. The normalized spacial score (nSPS) is 11.4. The van der Waals surface area contributed by atoms with Gasteiger partial charge in [-0.15, -0.1) is 0 Å². The van der Waals surface area contributed by atoms with Crippen molar-refractivity contribution >= 4 is 57.2 Å². The number of carbonyl (C=O) groups is 2. The predicted molar refractivity (Wildman–Crippen MR) is 137 cm³/mol. The fourth-order valence-electron chi connectivity index (χ4n) is 2.90. The molecule has 3 aromatic carbocycles. The SMILES string of the molecule is O=C(N[C@@H](Cc1cc(I)c(O)c(I)c1)C(=O)OCc1ccccc1)OCc1ccccc1. The van der Waals surface area contributed by atoms with Crippen LogP contribution in [0.2, 0.25) is 0 Å². The zero-order chi connectivity index (χ0) is 22.9. The third-order valence-electron chi connectivity index (χ3n) is 4.53. The van der Waals surface area contributed by atoms with Gasteiger partial charge in [0.2, 0.25) is 0 Å². The molecule has 0 fully saturated rings. The van der Waals surface area contributed by atoms with Gasteiger partial charge < -0.3 is 19.9 Å². The lowest BCUT2D eigenvalue weighted by Gasteiger charge is -2.18. The summed E-state index contributed by atoms with van der Waals surface area (Å²) in [6, 6.07) is 21.2. The van der Waals surface area contributed by atoms with Crippen molar-refractivity contribution < 1.29 is 24.2 Å². The van der Waals surface area contributed by atoms with Crippen LogP contribution in [0.3, 0.4) is 0 Å². The summed E-state index contributed by atoms with van der Waals surface area (Å²) in [5, 5.41) is 12.6. The number of amides is 1. The molecule has 3 rings (SSSR count). The molecule has 0 aromatic heterocycles. The number of esters is 1. The number of carbonyl (C=O) groups excluding carboxylic acids is 2. The summed E-state index contributed by atoms with van der Waals surface area (Å²) in [6.45, 7) is 0.190.